The Morgan fingerprint density at radius 3 is 1.79 bits per heavy atom. The Bertz CT molecular complexity index is 901. The standard InChI is InChI=1S/C16H17NO5S2/c18-23(19,14-4-2-1-3-5-14)15-6-8-16(9-7-15)24(20,21)17-10-12-22-13-11-17/h1-9H,10-13H2. The second kappa shape index (κ2) is 6.64. The van der Waals surface area contributed by atoms with E-state index in [1.807, 2.05) is 0 Å². The molecule has 1 aliphatic heterocycles. The molecule has 24 heavy (non-hydrogen) atoms. The lowest BCUT2D eigenvalue weighted by Crippen LogP contribution is -2.40. The maximum absolute atomic E-state index is 12.5. The number of rotatable bonds is 4. The first-order valence-electron chi connectivity index (χ1n) is 7.40. The van der Waals surface area contributed by atoms with Crippen LogP contribution >= 0.6 is 0 Å². The highest BCUT2D eigenvalue weighted by Gasteiger charge is 2.27. The highest BCUT2D eigenvalue weighted by atomic mass is 32.2. The number of benzene rings is 2. The lowest BCUT2D eigenvalue weighted by molar-refractivity contribution is 0.0730. The van der Waals surface area contributed by atoms with Crippen LogP contribution in [0, 0.1) is 0 Å². The third-order valence-electron chi connectivity index (χ3n) is 3.80. The first-order chi connectivity index (χ1) is 11.4. The molecule has 8 heteroatoms. The highest BCUT2D eigenvalue weighted by molar-refractivity contribution is 7.91. The Morgan fingerprint density at radius 1 is 0.708 bits per heavy atom. The van der Waals surface area contributed by atoms with Crippen molar-refractivity contribution in [2.45, 2.75) is 14.7 Å². The number of ether oxygens (including phenoxy) is 1. The molecule has 0 aromatic heterocycles. The summed E-state index contributed by atoms with van der Waals surface area (Å²) in [5, 5.41) is 0. The fourth-order valence-corrected chi connectivity index (χ4v) is 5.15. The van der Waals surface area contributed by atoms with Crippen LogP contribution in [0.25, 0.3) is 0 Å². The third kappa shape index (κ3) is 3.23. The van der Waals surface area contributed by atoms with Crippen LogP contribution < -0.4 is 0 Å². The highest BCUT2D eigenvalue weighted by Crippen LogP contribution is 2.23. The number of hydrogen-bond donors (Lipinski definition) is 0. The predicted octanol–water partition coefficient (Wildman–Crippen LogP) is 1.54. The molecule has 0 aliphatic carbocycles. The van der Waals surface area contributed by atoms with E-state index in [-0.39, 0.29) is 14.7 Å². The summed E-state index contributed by atoms with van der Waals surface area (Å²) in [6.07, 6.45) is 0. The van der Waals surface area contributed by atoms with E-state index >= 15 is 0 Å². The first kappa shape index (κ1) is 17.1. The van der Waals surface area contributed by atoms with E-state index in [9.17, 15) is 16.8 Å². The molecule has 1 saturated heterocycles. The van der Waals surface area contributed by atoms with Gasteiger partial charge in [0.25, 0.3) is 0 Å². The Kier molecular flexibility index (Phi) is 4.73. The number of sulfone groups is 1. The van der Waals surface area contributed by atoms with Crippen LogP contribution in [0.4, 0.5) is 0 Å². The fourth-order valence-electron chi connectivity index (χ4n) is 2.46. The Morgan fingerprint density at radius 2 is 1.21 bits per heavy atom. The van der Waals surface area contributed by atoms with Crippen LogP contribution in [0.1, 0.15) is 0 Å². The van der Waals surface area contributed by atoms with E-state index in [0.29, 0.717) is 26.3 Å². The Hall–Kier alpha value is -1.74. The van der Waals surface area contributed by atoms with Gasteiger partial charge < -0.3 is 4.74 Å². The third-order valence-corrected chi connectivity index (χ3v) is 7.49. The summed E-state index contributed by atoms with van der Waals surface area (Å²) in [6.45, 7) is 1.32. The molecule has 0 saturated carbocycles. The van der Waals surface area contributed by atoms with E-state index in [1.165, 1.54) is 40.7 Å². The van der Waals surface area contributed by atoms with E-state index in [0.717, 1.165) is 0 Å². The van der Waals surface area contributed by atoms with E-state index in [4.69, 9.17) is 4.74 Å². The van der Waals surface area contributed by atoms with Gasteiger partial charge >= 0.3 is 0 Å². The molecule has 0 atom stereocenters. The second-order valence-electron chi connectivity index (χ2n) is 5.30. The quantitative estimate of drug-likeness (QED) is 0.819. The summed E-state index contributed by atoms with van der Waals surface area (Å²) in [4.78, 5) is 0.319. The molecule has 2 aromatic carbocycles. The van der Waals surface area contributed by atoms with Gasteiger partial charge in [-0.25, -0.2) is 16.8 Å². The molecule has 3 rings (SSSR count). The second-order valence-corrected chi connectivity index (χ2v) is 9.19. The number of nitrogens with zero attached hydrogens (tertiary/aromatic N) is 1. The molecule has 0 radical (unpaired) electrons. The summed E-state index contributed by atoms with van der Waals surface area (Å²) >= 11 is 0. The average Bonchev–Trinajstić information content (AvgIpc) is 2.63. The van der Waals surface area contributed by atoms with Gasteiger partial charge in [0.05, 0.1) is 27.9 Å². The summed E-state index contributed by atoms with van der Waals surface area (Å²) < 4.78 is 56.6. The molecule has 0 unspecified atom stereocenters. The smallest absolute Gasteiger partial charge is 0.243 e. The van der Waals surface area contributed by atoms with Crippen LogP contribution in [0.2, 0.25) is 0 Å². The van der Waals surface area contributed by atoms with Gasteiger partial charge in [-0.3, -0.25) is 0 Å². The van der Waals surface area contributed by atoms with E-state index in [2.05, 4.69) is 0 Å². The monoisotopic (exact) mass is 367 g/mol. The summed E-state index contributed by atoms with van der Waals surface area (Å²) in [5.41, 5.74) is 0. The topological polar surface area (TPSA) is 80.8 Å². The number of hydrogen-bond acceptors (Lipinski definition) is 5. The van der Waals surface area contributed by atoms with E-state index in [1.54, 1.807) is 18.2 Å². The zero-order chi connectivity index (χ0) is 17.2. The SMILES string of the molecule is O=S(=O)(c1ccccc1)c1ccc(S(=O)(=O)N2CCOCC2)cc1. The summed E-state index contributed by atoms with van der Waals surface area (Å²) in [6, 6.07) is 13.4. The molecule has 0 amide bonds. The molecule has 1 heterocycles. The van der Waals surface area contributed by atoms with Crippen LogP contribution in [0.15, 0.2) is 69.3 Å². The normalized spacial score (nSPS) is 16.8. The van der Waals surface area contributed by atoms with Gasteiger partial charge in [-0.2, -0.15) is 4.31 Å². The average molecular weight is 367 g/mol. The van der Waals surface area contributed by atoms with Crippen molar-refractivity contribution in [1.82, 2.24) is 4.31 Å². The van der Waals surface area contributed by atoms with Crippen molar-refractivity contribution in [2.75, 3.05) is 26.3 Å². The van der Waals surface area contributed by atoms with Crippen molar-refractivity contribution in [3.05, 3.63) is 54.6 Å². The van der Waals surface area contributed by atoms with Gasteiger partial charge in [-0.15, -0.1) is 0 Å². The van der Waals surface area contributed by atoms with Crippen molar-refractivity contribution in [3.8, 4) is 0 Å². The van der Waals surface area contributed by atoms with Gasteiger partial charge in [-0.05, 0) is 36.4 Å². The number of morpholine rings is 1. The van der Waals surface area contributed by atoms with Gasteiger partial charge in [0.15, 0.2) is 0 Å². The van der Waals surface area contributed by atoms with Gasteiger partial charge in [0, 0.05) is 13.1 Å². The Balaban J connectivity index is 1.91. The van der Waals surface area contributed by atoms with Crippen LogP contribution in [-0.4, -0.2) is 47.4 Å². The van der Waals surface area contributed by atoms with Gasteiger partial charge in [0.1, 0.15) is 0 Å². The van der Waals surface area contributed by atoms with Crippen molar-refractivity contribution in [3.63, 3.8) is 0 Å². The van der Waals surface area contributed by atoms with Crippen molar-refractivity contribution in [2.24, 2.45) is 0 Å². The molecular formula is C16H17NO5S2. The largest absolute Gasteiger partial charge is 0.379 e. The van der Waals surface area contributed by atoms with Crippen molar-refractivity contribution >= 4 is 19.9 Å². The first-order valence-corrected chi connectivity index (χ1v) is 10.3. The maximum atomic E-state index is 12.5. The lowest BCUT2D eigenvalue weighted by Gasteiger charge is -2.26. The molecule has 6 nitrogen and oxygen atoms in total. The number of sulfonamides is 1. The minimum Gasteiger partial charge on any atom is -0.379 e. The van der Waals surface area contributed by atoms with Crippen molar-refractivity contribution in [1.29, 1.82) is 0 Å². The van der Waals surface area contributed by atoms with E-state index < -0.39 is 19.9 Å². The van der Waals surface area contributed by atoms with Gasteiger partial charge in [0.2, 0.25) is 19.9 Å². The fraction of sp³-hybridized carbons (Fsp3) is 0.250. The van der Waals surface area contributed by atoms with Gasteiger partial charge in [-0.1, -0.05) is 18.2 Å². The zero-order valence-corrected chi connectivity index (χ0v) is 14.5. The molecular weight excluding hydrogens is 350 g/mol. The molecule has 0 spiro atoms. The van der Waals surface area contributed by atoms with Crippen LogP contribution in [0.5, 0.6) is 0 Å². The maximum Gasteiger partial charge on any atom is 0.243 e. The zero-order valence-electron chi connectivity index (χ0n) is 12.8. The minimum atomic E-state index is -3.65. The molecule has 1 fully saturated rings. The predicted molar refractivity (Wildman–Crippen MR) is 87.9 cm³/mol. The van der Waals surface area contributed by atoms with Crippen LogP contribution in [0.3, 0.4) is 0 Å². The lowest BCUT2D eigenvalue weighted by atomic mass is 10.4. The minimum absolute atomic E-state index is 0.0645. The molecule has 0 N–H and O–H groups in total. The van der Waals surface area contributed by atoms with Crippen LogP contribution in [-0.2, 0) is 24.6 Å². The summed E-state index contributed by atoms with van der Waals surface area (Å²) in [7, 11) is -7.28. The Labute approximate surface area is 141 Å². The van der Waals surface area contributed by atoms with Crippen molar-refractivity contribution < 1.29 is 21.6 Å². The molecule has 1 aliphatic rings. The molecule has 2 aromatic rings. The summed E-state index contributed by atoms with van der Waals surface area (Å²) in [5.74, 6) is 0. The molecule has 128 valence electrons. The molecule has 0 bridgehead atoms.